The zero-order chi connectivity index (χ0) is 14.7. The van der Waals surface area contributed by atoms with Gasteiger partial charge >= 0.3 is 0 Å². The molecule has 0 aliphatic carbocycles. The van der Waals surface area contributed by atoms with E-state index in [-0.39, 0.29) is 11.7 Å². The van der Waals surface area contributed by atoms with Gasteiger partial charge in [0, 0.05) is 31.9 Å². The maximum Gasteiger partial charge on any atom is 0.177 e. The topological polar surface area (TPSA) is 59.2 Å². The molecule has 0 saturated heterocycles. The van der Waals surface area contributed by atoms with Crippen molar-refractivity contribution < 1.29 is 4.79 Å². The van der Waals surface area contributed by atoms with Gasteiger partial charge in [0.05, 0.1) is 15.6 Å². The van der Waals surface area contributed by atoms with Crippen molar-refractivity contribution in [3.8, 4) is 0 Å². The first-order valence-electron chi connectivity index (χ1n) is 6.52. The number of nitrogens with two attached hydrogens (primary N) is 1. The quantitative estimate of drug-likeness (QED) is 0.859. The number of nitrogens with zero attached hydrogens (tertiary/aromatic N) is 2. The molecule has 0 saturated carbocycles. The number of nitrogen functional groups attached to an aromatic ring is 1. The number of Topliss-reactive ketones (excluding diaryl/α,β-unsaturated/α-hetero) is 1. The summed E-state index contributed by atoms with van der Waals surface area (Å²) in [5.74, 6) is 0.0744. The Hall–Kier alpha value is -1.88. The first-order chi connectivity index (χ1) is 9.49. The van der Waals surface area contributed by atoms with Crippen molar-refractivity contribution in [1.29, 1.82) is 0 Å². The summed E-state index contributed by atoms with van der Waals surface area (Å²) in [6, 6.07) is 5.84. The Morgan fingerprint density at radius 2 is 2.05 bits per heavy atom. The first kappa shape index (κ1) is 14.5. The smallest absolute Gasteiger partial charge is 0.177 e. The Morgan fingerprint density at radius 1 is 1.40 bits per heavy atom. The second-order valence-corrected chi connectivity index (χ2v) is 6.13. The molecule has 0 bridgehead atoms. The normalized spacial score (nSPS) is 10.8. The maximum absolute atomic E-state index is 12.1. The fourth-order valence-corrected chi connectivity index (χ4v) is 3.00. The third kappa shape index (κ3) is 3.17. The standard InChI is InChI=1S/C15H19N3OS/c1-10(2)14(19)15-12(16)8-13(20-15)18(3)9-11-4-6-17-7-5-11/h4-8,10H,9,16H2,1-3H3. The SMILES string of the molecule is CC(C)C(=O)c1sc(N(C)Cc2ccncc2)cc1N. The number of pyridine rings is 1. The third-order valence-corrected chi connectivity index (χ3v) is 4.32. The number of aromatic nitrogens is 1. The maximum atomic E-state index is 12.1. The van der Waals surface area contributed by atoms with Crippen LogP contribution in [0.2, 0.25) is 0 Å². The highest BCUT2D eigenvalue weighted by Gasteiger charge is 2.18. The van der Waals surface area contributed by atoms with Gasteiger partial charge in [-0.1, -0.05) is 13.8 Å². The second-order valence-electron chi connectivity index (χ2n) is 5.10. The molecule has 2 aromatic rings. The van der Waals surface area contributed by atoms with Crippen LogP contribution in [0.3, 0.4) is 0 Å². The minimum absolute atomic E-state index is 0.0331. The summed E-state index contributed by atoms with van der Waals surface area (Å²) in [6.45, 7) is 4.54. The van der Waals surface area contributed by atoms with E-state index in [4.69, 9.17) is 5.73 Å². The van der Waals surface area contributed by atoms with E-state index in [1.165, 1.54) is 16.9 Å². The van der Waals surface area contributed by atoms with Gasteiger partial charge in [-0.15, -0.1) is 11.3 Å². The molecule has 0 aliphatic heterocycles. The van der Waals surface area contributed by atoms with Crippen molar-refractivity contribution in [2.75, 3.05) is 17.7 Å². The number of thiophene rings is 1. The number of hydrogen-bond donors (Lipinski definition) is 1. The monoisotopic (exact) mass is 289 g/mol. The van der Waals surface area contributed by atoms with Crippen LogP contribution >= 0.6 is 11.3 Å². The van der Waals surface area contributed by atoms with Crippen molar-refractivity contribution in [3.05, 3.63) is 41.0 Å². The predicted octanol–water partition coefficient (Wildman–Crippen LogP) is 3.20. The Bertz CT molecular complexity index is 592. The van der Waals surface area contributed by atoms with Gasteiger partial charge in [0.2, 0.25) is 0 Å². The van der Waals surface area contributed by atoms with Crippen molar-refractivity contribution >= 4 is 27.8 Å². The van der Waals surface area contributed by atoms with Crippen LogP contribution in [-0.2, 0) is 6.54 Å². The van der Waals surface area contributed by atoms with Gasteiger partial charge in [-0.2, -0.15) is 0 Å². The highest BCUT2D eigenvalue weighted by molar-refractivity contribution is 7.18. The molecule has 2 aromatic heterocycles. The number of anilines is 2. The van der Waals surface area contributed by atoms with Gasteiger partial charge in [-0.3, -0.25) is 9.78 Å². The van der Waals surface area contributed by atoms with E-state index in [0.29, 0.717) is 10.6 Å². The van der Waals surface area contributed by atoms with Gasteiger partial charge in [0.25, 0.3) is 0 Å². The van der Waals surface area contributed by atoms with Crippen LogP contribution in [-0.4, -0.2) is 17.8 Å². The lowest BCUT2D eigenvalue weighted by Crippen LogP contribution is -2.14. The van der Waals surface area contributed by atoms with Gasteiger partial charge in [0.1, 0.15) is 0 Å². The van der Waals surface area contributed by atoms with Crippen LogP contribution in [0.25, 0.3) is 0 Å². The molecule has 0 amide bonds. The fourth-order valence-electron chi connectivity index (χ4n) is 1.87. The zero-order valence-electron chi connectivity index (χ0n) is 12.0. The summed E-state index contributed by atoms with van der Waals surface area (Å²) in [7, 11) is 2.00. The average Bonchev–Trinajstić information content (AvgIpc) is 2.81. The highest BCUT2D eigenvalue weighted by atomic mass is 32.1. The van der Waals surface area contributed by atoms with Crippen LogP contribution < -0.4 is 10.6 Å². The van der Waals surface area contributed by atoms with Gasteiger partial charge in [-0.25, -0.2) is 0 Å². The number of carbonyl (C=O) groups excluding carboxylic acids is 1. The lowest BCUT2D eigenvalue weighted by Gasteiger charge is -2.16. The average molecular weight is 289 g/mol. The van der Waals surface area contributed by atoms with E-state index in [1.54, 1.807) is 12.4 Å². The summed E-state index contributed by atoms with van der Waals surface area (Å²) < 4.78 is 0. The zero-order valence-corrected chi connectivity index (χ0v) is 12.8. The molecule has 0 unspecified atom stereocenters. The molecular weight excluding hydrogens is 270 g/mol. The van der Waals surface area contributed by atoms with E-state index in [2.05, 4.69) is 9.88 Å². The molecule has 2 rings (SSSR count). The molecular formula is C15H19N3OS. The van der Waals surface area contributed by atoms with E-state index in [1.807, 2.05) is 39.1 Å². The number of hydrogen-bond acceptors (Lipinski definition) is 5. The Kier molecular flexibility index (Phi) is 4.39. The van der Waals surface area contributed by atoms with Crippen LogP contribution in [0.5, 0.6) is 0 Å². The number of carbonyl (C=O) groups is 1. The molecule has 0 spiro atoms. The minimum atomic E-state index is -0.0331. The highest BCUT2D eigenvalue weighted by Crippen LogP contribution is 2.33. The Labute approximate surface area is 123 Å². The van der Waals surface area contributed by atoms with E-state index >= 15 is 0 Å². The third-order valence-electron chi connectivity index (χ3n) is 3.04. The number of ketones is 1. The summed E-state index contributed by atoms with van der Waals surface area (Å²) in [5.41, 5.74) is 7.71. The second kappa shape index (κ2) is 6.05. The fraction of sp³-hybridized carbons (Fsp3) is 0.333. The number of rotatable bonds is 5. The lowest BCUT2D eigenvalue weighted by atomic mass is 10.1. The molecule has 20 heavy (non-hydrogen) atoms. The first-order valence-corrected chi connectivity index (χ1v) is 7.34. The van der Waals surface area contributed by atoms with Gasteiger partial charge in [-0.05, 0) is 23.8 Å². The van der Waals surface area contributed by atoms with Gasteiger partial charge in [0.15, 0.2) is 5.78 Å². The molecule has 0 fully saturated rings. The van der Waals surface area contributed by atoms with E-state index < -0.39 is 0 Å². The van der Waals surface area contributed by atoms with E-state index in [9.17, 15) is 4.79 Å². The molecule has 0 radical (unpaired) electrons. The van der Waals surface area contributed by atoms with Crippen LogP contribution in [0, 0.1) is 5.92 Å². The summed E-state index contributed by atoms with van der Waals surface area (Å²) >= 11 is 1.46. The molecule has 2 heterocycles. The molecule has 2 N–H and O–H groups in total. The summed E-state index contributed by atoms with van der Waals surface area (Å²) in [4.78, 5) is 18.8. The van der Waals surface area contributed by atoms with Crippen LogP contribution in [0.1, 0.15) is 29.1 Å². The van der Waals surface area contributed by atoms with Crippen molar-refractivity contribution in [3.63, 3.8) is 0 Å². The molecule has 0 aromatic carbocycles. The van der Waals surface area contributed by atoms with Gasteiger partial charge < -0.3 is 10.6 Å². The molecule has 5 heteroatoms. The van der Waals surface area contributed by atoms with Crippen LogP contribution in [0.4, 0.5) is 10.7 Å². The Morgan fingerprint density at radius 3 is 2.65 bits per heavy atom. The molecule has 0 atom stereocenters. The van der Waals surface area contributed by atoms with Crippen molar-refractivity contribution in [1.82, 2.24) is 4.98 Å². The lowest BCUT2D eigenvalue weighted by molar-refractivity contribution is 0.0944. The van der Waals surface area contributed by atoms with Crippen molar-refractivity contribution in [2.24, 2.45) is 5.92 Å². The Balaban J connectivity index is 2.17. The largest absolute Gasteiger partial charge is 0.397 e. The van der Waals surface area contributed by atoms with Crippen molar-refractivity contribution in [2.45, 2.75) is 20.4 Å². The molecule has 106 valence electrons. The molecule has 0 aliphatic rings. The predicted molar refractivity (Wildman–Crippen MR) is 84.2 cm³/mol. The van der Waals surface area contributed by atoms with Crippen LogP contribution in [0.15, 0.2) is 30.6 Å². The molecule has 4 nitrogen and oxygen atoms in total. The summed E-state index contributed by atoms with van der Waals surface area (Å²) in [6.07, 6.45) is 3.55. The minimum Gasteiger partial charge on any atom is -0.397 e. The summed E-state index contributed by atoms with van der Waals surface area (Å²) in [5, 5.41) is 1.00. The van der Waals surface area contributed by atoms with E-state index in [0.717, 1.165) is 11.5 Å².